The van der Waals surface area contributed by atoms with Crippen LogP contribution in [0.25, 0.3) is 5.52 Å². The second-order valence-electron chi connectivity index (χ2n) is 4.46. The number of nitrogens with one attached hydrogen (secondary N) is 1. The van der Waals surface area contributed by atoms with Gasteiger partial charge in [-0.05, 0) is 26.8 Å². The average Bonchev–Trinajstić information content (AvgIpc) is 2.65. The van der Waals surface area contributed by atoms with Gasteiger partial charge in [-0.2, -0.15) is 5.10 Å². The van der Waals surface area contributed by atoms with Crippen LogP contribution in [0.4, 0.5) is 5.82 Å². The molecule has 2 heterocycles. The number of nitrogens with zero attached hydrogens (tertiary/aromatic N) is 3. The summed E-state index contributed by atoms with van der Waals surface area (Å²) in [6.45, 7) is 5.61. The minimum atomic E-state index is -0.475. The Bertz CT molecular complexity index is 489. The first kappa shape index (κ1) is 10.9. The van der Waals surface area contributed by atoms with Crippen LogP contribution in [0.1, 0.15) is 20.8 Å². The Labute approximate surface area is 94.1 Å². The van der Waals surface area contributed by atoms with Crippen LogP contribution in [0, 0.1) is 0 Å². The van der Waals surface area contributed by atoms with Gasteiger partial charge in [0.2, 0.25) is 0 Å². The quantitative estimate of drug-likeness (QED) is 0.818. The number of hydrogen-bond donors (Lipinski definition) is 2. The highest BCUT2D eigenvalue weighted by molar-refractivity contribution is 5.67. The summed E-state index contributed by atoms with van der Waals surface area (Å²) in [7, 11) is 0. The average molecular weight is 220 g/mol. The van der Waals surface area contributed by atoms with Gasteiger partial charge in [0.15, 0.2) is 5.82 Å². The van der Waals surface area contributed by atoms with Crippen molar-refractivity contribution in [1.82, 2.24) is 14.6 Å². The molecule has 0 saturated heterocycles. The van der Waals surface area contributed by atoms with Crippen LogP contribution in [0.5, 0.6) is 0 Å². The molecule has 5 nitrogen and oxygen atoms in total. The standard InChI is InChI=1S/C11H16N4O/c1-8(16)11(2,3)14-10-9-4-5-13-15(9)7-6-12-10/h4-8,16H,1-3H3,(H,12,14). The zero-order valence-corrected chi connectivity index (χ0v) is 9.68. The fourth-order valence-electron chi connectivity index (χ4n) is 1.36. The molecular formula is C11H16N4O. The Balaban J connectivity index is 2.37. The van der Waals surface area contributed by atoms with Gasteiger partial charge < -0.3 is 10.4 Å². The molecule has 2 N–H and O–H groups in total. The minimum absolute atomic E-state index is 0.431. The molecule has 0 aromatic carbocycles. The third-order valence-corrected chi connectivity index (χ3v) is 2.81. The molecule has 0 amide bonds. The molecule has 1 unspecified atom stereocenters. The van der Waals surface area contributed by atoms with E-state index in [1.807, 2.05) is 19.9 Å². The van der Waals surface area contributed by atoms with Crippen LogP contribution >= 0.6 is 0 Å². The van der Waals surface area contributed by atoms with E-state index in [1.165, 1.54) is 0 Å². The highest BCUT2D eigenvalue weighted by Crippen LogP contribution is 2.20. The van der Waals surface area contributed by atoms with E-state index in [1.54, 1.807) is 30.0 Å². The van der Waals surface area contributed by atoms with Gasteiger partial charge in [-0.15, -0.1) is 0 Å². The summed E-state index contributed by atoms with van der Waals surface area (Å²) >= 11 is 0. The van der Waals surface area contributed by atoms with Crippen LogP contribution < -0.4 is 5.32 Å². The van der Waals surface area contributed by atoms with Crippen molar-refractivity contribution in [3.05, 3.63) is 24.7 Å². The first-order chi connectivity index (χ1) is 7.50. The predicted octanol–water partition coefficient (Wildman–Crippen LogP) is 1.30. The van der Waals surface area contributed by atoms with E-state index in [-0.39, 0.29) is 0 Å². The second-order valence-corrected chi connectivity index (χ2v) is 4.46. The number of hydrogen-bond acceptors (Lipinski definition) is 4. The van der Waals surface area contributed by atoms with Gasteiger partial charge in [-0.25, -0.2) is 9.50 Å². The number of aliphatic hydroxyl groups is 1. The van der Waals surface area contributed by atoms with Crippen molar-refractivity contribution in [1.29, 1.82) is 0 Å². The first-order valence-corrected chi connectivity index (χ1v) is 5.25. The molecule has 1 atom stereocenters. The summed E-state index contributed by atoms with van der Waals surface area (Å²) in [5.74, 6) is 0.728. The van der Waals surface area contributed by atoms with Gasteiger partial charge in [0, 0.05) is 12.4 Å². The van der Waals surface area contributed by atoms with Gasteiger partial charge in [0.1, 0.15) is 5.52 Å². The van der Waals surface area contributed by atoms with Gasteiger partial charge >= 0.3 is 0 Å². The molecule has 2 aromatic heterocycles. The lowest BCUT2D eigenvalue weighted by atomic mass is 9.99. The molecule has 0 radical (unpaired) electrons. The third kappa shape index (κ3) is 1.86. The van der Waals surface area contributed by atoms with E-state index >= 15 is 0 Å². The third-order valence-electron chi connectivity index (χ3n) is 2.81. The lowest BCUT2D eigenvalue weighted by molar-refractivity contribution is 0.133. The van der Waals surface area contributed by atoms with E-state index in [2.05, 4.69) is 15.4 Å². The maximum atomic E-state index is 9.65. The van der Waals surface area contributed by atoms with Crippen LogP contribution in [-0.2, 0) is 0 Å². The van der Waals surface area contributed by atoms with Gasteiger partial charge in [0.05, 0.1) is 17.8 Å². The summed E-state index contributed by atoms with van der Waals surface area (Å²) < 4.78 is 1.74. The highest BCUT2D eigenvalue weighted by Gasteiger charge is 2.24. The maximum Gasteiger partial charge on any atom is 0.152 e. The Morgan fingerprint density at radius 3 is 2.88 bits per heavy atom. The van der Waals surface area contributed by atoms with Crippen molar-refractivity contribution in [3.8, 4) is 0 Å². The highest BCUT2D eigenvalue weighted by atomic mass is 16.3. The van der Waals surface area contributed by atoms with Crippen molar-refractivity contribution in [3.63, 3.8) is 0 Å². The Hall–Kier alpha value is -1.62. The lowest BCUT2D eigenvalue weighted by Gasteiger charge is -2.30. The number of fused-ring (bicyclic) bond motifs is 1. The van der Waals surface area contributed by atoms with E-state index in [0.717, 1.165) is 11.3 Å². The smallest absolute Gasteiger partial charge is 0.152 e. The van der Waals surface area contributed by atoms with E-state index in [9.17, 15) is 5.11 Å². The Kier molecular flexibility index (Phi) is 2.55. The summed E-state index contributed by atoms with van der Waals surface area (Å²) in [4.78, 5) is 4.26. The van der Waals surface area contributed by atoms with Crippen LogP contribution in [0.15, 0.2) is 24.7 Å². The lowest BCUT2D eigenvalue weighted by Crippen LogP contribution is -2.42. The minimum Gasteiger partial charge on any atom is -0.391 e. The molecule has 0 fully saturated rings. The number of rotatable bonds is 3. The molecule has 2 rings (SSSR count). The van der Waals surface area contributed by atoms with Crippen molar-refractivity contribution in [2.24, 2.45) is 0 Å². The van der Waals surface area contributed by atoms with Gasteiger partial charge in [0.25, 0.3) is 0 Å². The first-order valence-electron chi connectivity index (χ1n) is 5.25. The zero-order chi connectivity index (χ0) is 11.8. The van der Waals surface area contributed by atoms with Gasteiger partial charge in [-0.1, -0.05) is 0 Å². The zero-order valence-electron chi connectivity index (χ0n) is 9.68. The summed E-state index contributed by atoms with van der Waals surface area (Å²) in [6, 6.07) is 1.88. The normalized spacial score (nSPS) is 14.0. The van der Waals surface area contributed by atoms with Gasteiger partial charge in [-0.3, -0.25) is 0 Å². The molecule has 2 aromatic rings. The molecule has 16 heavy (non-hydrogen) atoms. The molecule has 0 aliphatic rings. The Morgan fingerprint density at radius 2 is 2.19 bits per heavy atom. The molecule has 5 heteroatoms. The number of aromatic nitrogens is 3. The van der Waals surface area contributed by atoms with E-state index in [4.69, 9.17) is 0 Å². The van der Waals surface area contributed by atoms with Crippen LogP contribution in [0.3, 0.4) is 0 Å². The largest absolute Gasteiger partial charge is 0.391 e. The second kappa shape index (κ2) is 3.75. The van der Waals surface area contributed by atoms with E-state index in [0.29, 0.717) is 0 Å². The molecule has 0 bridgehead atoms. The number of anilines is 1. The molecular weight excluding hydrogens is 204 g/mol. The molecule has 0 spiro atoms. The topological polar surface area (TPSA) is 62.5 Å². The molecule has 0 saturated carbocycles. The summed E-state index contributed by atoms with van der Waals surface area (Å²) in [5.41, 5.74) is 0.468. The van der Waals surface area contributed by atoms with Crippen molar-refractivity contribution in [2.45, 2.75) is 32.4 Å². The molecule has 0 aliphatic carbocycles. The number of aliphatic hydroxyl groups excluding tert-OH is 1. The summed E-state index contributed by atoms with van der Waals surface area (Å²) in [5, 5.41) is 17.0. The Morgan fingerprint density at radius 1 is 1.44 bits per heavy atom. The van der Waals surface area contributed by atoms with E-state index < -0.39 is 11.6 Å². The van der Waals surface area contributed by atoms with Crippen molar-refractivity contribution in [2.75, 3.05) is 5.32 Å². The van der Waals surface area contributed by atoms with Crippen molar-refractivity contribution < 1.29 is 5.11 Å². The molecule has 0 aliphatic heterocycles. The fourth-order valence-corrected chi connectivity index (χ4v) is 1.36. The van der Waals surface area contributed by atoms with Crippen LogP contribution in [0.2, 0.25) is 0 Å². The predicted molar refractivity (Wildman–Crippen MR) is 62.4 cm³/mol. The summed E-state index contributed by atoms with van der Waals surface area (Å²) in [6.07, 6.45) is 4.71. The fraction of sp³-hybridized carbons (Fsp3) is 0.455. The maximum absolute atomic E-state index is 9.65. The van der Waals surface area contributed by atoms with Crippen LogP contribution in [-0.4, -0.2) is 31.3 Å². The van der Waals surface area contributed by atoms with Crippen molar-refractivity contribution >= 4 is 11.3 Å². The SMILES string of the molecule is CC(O)C(C)(C)Nc1nccn2nccc12. The monoisotopic (exact) mass is 220 g/mol. The molecule has 86 valence electrons.